The molecule has 0 radical (unpaired) electrons. The van der Waals surface area contributed by atoms with Crippen LogP contribution < -0.4 is 20.3 Å². The predicted molar refractivity (Wildman–Crippen MR) is 157 cm³/mol. The number of rotatable bonds is 11. The normalized spacial score (nSPS) is 11.5. The number of carbonyl (C=O) groups is 2. The number of amides is 1. The number of benzene rings is 2. The van der Waals surface area contributed by atoms with E-state index in [1.54, 1.807) is 43.3 Å². The van der Waals surface area contributed by atoms with Crippen molar-refractivity contribution in [2.45, 2.75) is 19.4 Å². The van der Waals surface area contributed by atoms with Crippen LogP contribution in [-0.4, -0.2) is 56.0 Å². The second-order valence-electron chi connectivity index (χ2n) is 9.13. The standard InChI is InChI=1S/C30H29ClN4O7/c1-5-42-30(38)24-10-18-11-26(40-3)23(14-22(18)33-24)34-29(37)25(8-9-39-2)35-16-27(41-4)21(13-28(35)36)20-12-19(31)7-6-17(20)15-32/h6-7,10-14,16,25,33H,5,8-9H2,1-4H3,(H,34,37). The van der Waals surface area contributed by atoms with Gasteiger partial charge in [0.25, 0.3) is 5.56 Å². The summed E-state index contributed by atoms with van der Waals surface area (Å²) in [5.41, 5.74) is 1.74. The first-order chi connectivity index (χ1) is 20.2. The Balaban J connectivity index is 1.74. The molecule has 2 aromatic carbocycles. The number of nitrogens with zero attached hydrogens (tertiary/aromatic N) is 2. The molecule has 0 fully saturated rings. The molecule has 1 unspecified atom stereocenters. The lowest BCUT2D eigenvalue weighted by molar-refractivity contribution is -0.119. The van der Waals surface area contributed by atoms with E-state index in [1.165, 1.54) is 38.2 Å². The van der Waals surface area contributed by atoms with Gasteiger partial charge in [0.2, 0.25) is 5.91 Å². The first-order valence-electron chi connectivity index (χ1n) is 12.9. The monoisotopic (exact) mass is 592 g/mol. The molecule has 2 aromatic heterocycles. The molecule has 0 spiro atoms. The minimum atomic E-state index is -1.01. The molecule has 4 aromatic rings. The summed E-state index contributed by atoms with van der Waals surface area (Å²) in [6.45, 7) is 2.12. The molecule has 0 bridgehead atoms. The second-order valence-corrected chi connectivity index (χ2v) is 9.57. The summed E-state index contributed by atoms with van der Waals surface area (Å²) in [6, 6.07) is 12.1. The number of nitrogens with one attached hydrogen (secondary N) is 2. The van der Waals surface area contributed by atoms with Crippen molar-refractivity contribution >= 4 is 40.1 Å². The van der Waals surface area contributed by atoms with E-state index in [9.17, 15) is 19.6 Å². The number of anilines is 1. The van der Waals surface area contributed by atoms with Crippen LogP contribution in [0.1, 0.15) is 35.4 Å². The topological polar surface area (TPSA) is 145 Å². The molecule has 1 atom stereocenters. The van der Waals surface area contributed by atoms with Crippen molar-refractivity contribution in [3.8, 4) is 28.7 Å². The molecule has 4 rings (SSSR count). The molecule has 0 saturated carbocycles. The molecule has 0 saturated heterocycles. The van der Waals surface area contributed by atoms with Crippen molar-refractivity contribution in [2.24, 2.45) is 0 Å². The molecule has 0 aliphatic carbocycles. The summed E-state index contributed by atoms with van der Waals surface area (Å²) in [5.74, 6) is -0.407. The maximum atomic E-state index is 13.7. The van der Waals surface area contributed by atoms with Crippen molar-refractivity contribution in [3.63, 3.8) is 0 Å². The first-order valence-corrected chi connectivity index (χ1v) is 13.3. The van der Waals surface area contributed by atoms with Gasteiger partial charge in [-0.05, 0) is 43.3 Å². The van der Waals surface area contributed by atoms with Gasteiger partial charge >= 0.3 is 5.97 Å². The SMILES string of the molecule is CCOC(=O)c1cc2cc(OC)c(NC(=O)C(CCOC)n3cc(OC)c(-c4cc(Cl)ccc4C#N)cc3=O)cc2[nH]1. The molecule has 0 aliphatic heterocycles. The zero-order chi connectivity index (χ0) is 30.4. The van der Waals surface area contributed by atoms with E-state index >= 15 is 0 Å². The van der Waals surface area contributed by atoms with Crippen LogP contribution >= 0.6 is 11.6 Å². The van der Waals surface area contributed by atoms with Crippen molar-refractivity contribution in [2.75, 3.05) is 39.9 Å². The average molecular weight is 593 g/mol. The number of hydrogen-bond donors (Lipinski definition) is 2. The lowest BCUT2D eigenvalue weighted by atomic mass is 10.00. The summed E-state index contributed by atoms with van der Waals surface area (Å²) < 4.78 is 22.6. The highest BCUT2D eigenvalue weighted by Crippen LogP contribution is 2.35. The Morgan fingerprint density at radius 3 is 2.50 bits per heavy atom. The molecular weight excluding hydrogens is 564 g/mol. The van der Waals surface area contributed by atoms with Crippen molar-refractivity contribution < 1.29 is 28.5 Å². The van der Waals surface area contributed by atoms with Crippen LogP contribution in [0.25, 0.3) is 22.0 Å². The summed E-state index contributed by atoms with van der Waals surface area (Å²) >= 11 is 6.17. The lowest BCUT2D eigenvalue weighted by Gasteiger charge is -2.22. The van der Waals surface area contributed by atoms with E-state index in [1.807, 2.05) is 0 Å². The number of H-pyrrole nitrogens is 1. The third-order valence-electron chi connectivity index (χ3n) is 6.58. The fourth-order valence-electron chi connectivity index (χ4n) is 4.57. The largest absolute Gasteiger partial charge is 0.495 e. The number of aromatic amines is 1. The molecule has 42 heavy (non-hydrogen) atoms. The van der Waals surface area contributed by atoms with Gasteiger partial charge in [0.05, 0.1) is 44.3 Å². The number of carbonyl (C=O) groups excluding carboxylic acids is 2. The minimum absolute atomic E-state index is 0.158. The molecule has 12 heteroatoms. The van der Waals surface area contributed by atoms with Crippen LogP contribution in [0, 0.1) is 11.3 Å². The van der Waals surface area contributed by atoms with Crippen LogP contribution in [-0.2, 0) is 14.3 Å². The Labute approximate surface area is 246 Å². The van der Waals surface area contributed by atoms with Gasteiger partial charge in [-0.15, -0.1) is 0 Å². The fraction of sp³-hybridized carbons (Fsp3) is 0.267. The maximum Gasteiger partial charge on any atom is 0.354 e. The smallest absolute Gasteiger partial charge is 0.354 e. The number of pyridine rings is 1. The molecule has 2 N–H and O–H groups in total. The van der Waals surface area contributed by atoms with Crippen molar-refractivity contribution in [1.82, 2.24) is 9.55 Å². The van der Waals surface area contributed by atoms with Crippen molar-refractivity contribution in [1.29, 1.82) is 5.26 Å². The summed E-state index contributed by atoms with van der Waals surface area (Å²) in [6.07, 6.45) is 1.59. The summed E-state index contributed by atoms with van der Waals surface area (Å²) in [5, 5.41) is 13.5. The van der Waals surface area contributed by atoms with Gasteiger partial charge < -0.3 is 29.2 Å². The van der Waals surface area contributed by atoms with Gasteiger partial charge in [-0.1, -0.05) is 11.6 Å². The highest BCUT2D eigenvalue weighted by molar-refractivity contribution is 6.31. The van der Waals surface area contributed by atoms with Gasteiger partial charge in [-0.25, -0.2) is 4.79 Å². The molecule has 1 amide bonds. The number of esters is 1. The van der Waals surface area contributed by atoms with E-state index in [0.29, 0.717) is 44.1 Å². The van der Waals surface area contributed by atoms with E-state index in [0.717, 1.165) is 0 Å². The minimum Gasteiger partial charge on any atom is -0.495 e. The Hall–Kier alpha value is -4.79. The zero-order valence-electron chi connectivity index (χ0n) is 23.4. The molecule has 0 aliphatic rings. The average Bonchev–Trinajstić information content (AvgIpc) is 3.40. The van der Waals surface area contributed by atoms with Crippen LogP contribution in [0.5, 0.6) is 11.5 Å². The Kier molecular flexibility index (Phi) is 9.52. The third kappa shape index (κ3) is 6.25. The van der Waals surface area contributed by atoms with Crippen LogP contribution in [0.15, 0.2) is 53.5 Å². The number of ether oxygens (including phenoxy) is 4. The molecule has 2 heterocycles. The number of methoxy groups -OCH3 is 3. The number of aromatic nitrogens is 2. The van der Waals surface area contributed by atoms with Gasteiger partial charge in [0.1, 0.15) is 23.2 Å². The number of hydrogen-bond acceptors (Lipinski definition) is 8. The van der Waals surface area contributed by atoms with Gasteiger partial charge in [-0.2, -0.15) is 5.26 Å². The third-order valence-corrected chi connectivity index (χ3v) is 6.82. The highest BCUT2D eigenvalue weighted by Gasteiger charge is 2.25. The fourth-order valence-corrected chi connectivity index (χ4v) is 4.74. The predicted octanol–water partition coefficient (Wildman–Crippen LogP) is 4.93. The zero-order valence-corrected chi connectivity index (χ0v) is 24.2. The Bertz CT molecular complexity index is 1740. The van der Waals surface area contributed by atoms with E-state index in [-0.39, 0.29) is 31.1 Å². The van der Waals surface area contributed by atoms with Gasteiger partial charge in [0, 0.05) is 53.3 Å². The number of halogens is 1. The van der Waals surface area contributed by atoms with Gasteiger partial charge in [0.15, 0.2) is 0 Å². The first kappa shape index (κ1) is 30.2. The molecule has 218 valence electrons. The van der Waals surface area contributed by atoms with E-state index in [2.05, 4.69) is 16.4 Å². The number of fused-ring (bicyclic) bond motifs is 1. The van der Waals surface area contributed by atoms with Crippen molar-refractivity contribution in [3.05, 3.63) is 75.3 Å². The second kappa shape index (κ2) is 13.2. The van der Waals surface area contributed by atoms with Crippen LogP contribution in [0.2, 0.25) is 5.02 Å². The summed E-state index contributed by atoms with van der Waals surface area (Å²) in [4.78, 5) is 42.3. The quantitative estimate of drug-likeness (QED) is 0.233. The lowest BCUT2D eigenvalue weighted by Crippen LogP contribution is -2.34. The number of nitriles is 1. The molecular formula is C30H29ClN4O7. The van der Waals surface area contributed by atoms with E-state index < -0.39 is 23.5 Å². The highest BCUT2D eigenvalue weighted by atomic mass is 35.5. The Morgan fingerprint density at radius 1 is 1.07 bits per heavy atom. The maximum absolute atomic E-state index is 13.7. The van der Waals surface area contributed by atoms with Gasteiger partial charge in [-0.3, -0.25) is 14.2 Å². The van der Waals surface area contributed by atoms with Crippen LogP contribution in [0.3, 0.4) is 0 Å². The summed E-state index contributed by atoms with van der Waals surface area (Å²) in [7, 11) is 4.38. The Morgan fingerprint density at radius 2 is 1.83 bits per heavy atom. The van der Waals surface area contributed by atoms with Crippen LogP contribution in [0.4, 0.5) is 5.69 Å². The molecule has 11 nitrogen and oxygen atoms in total. The van der Waals surface area contributed by atoms with E-state index in [4.69, 9.17) is 30.5 Å².